The van der Waals surface area contributed by atoms with Crippen LogP contribution in [0.25, 0.3) is 0 Å². The summed E-state index contributed by atoms with van der Waals surface area (Å²) in [6, 6.07) is 8.13. The smallest absolute Gasteiger partial charge is 0.183 e. The van der Waals surface area contributed by atoms with E-state index in [2.05, 4.69) is 6.07 Å². The molecule has 0 radical (unpaired) electrons. The lowest BCUT2D eigenvalue weighted by Crippen LogP contribution is -2.51. The molecular weight excluding hydrogens is 230 g/mol. The van der Waals surface area contributed by atoms with E-state index in [1.165, 1.54) is 19.8 Å². The average molecular weight is 251 g/mol. The third-order valence-corrected chi connectivity index (χ3v) is 4.05. The Morgan fingerprint density at radius 1 is 1.33 bits per heavy atom. The molecule has 100 valence electrons. The molecule has 1 aliphatic carbocycles. The van der Waals surface area contributed by atoms with Gasteiger partial charge in [-0.3, -0.25) is 0 Å². The van der Waals surface area contributed by atoms with Crippen molar-refractivity contribution in [3.05, 3.63) is 35.4 Å². The zero-order valence-corrected chi connectivity index (χ0v) is 10.9. The van der Waals surface area contributed by atoms with Crippen molar-refractivity contribution in [2.75, 3.05) is 20.8 Å². The Bertz CT molecular complexity index is 406. The molecule has 2 atom stereocenters. The Morgan fingerprint density at radius 2 is 2.00 bits per heavy atom. The maximum absolute atomic E-state index is 10.6. The number of aliphatic hydroxyl groups is 1. The lowest BCUT2D eigenvalue weighted by atomic mass is 9.76. The van der Waals surface area contributed by atoms with Gasteiger partial charge >= 0.3 is 0 Å². The lowest BCUT2D eigenvalue weighted by molar-refractivity contribution is -0.183. The zero-order valence-electron chi connectivity index (χ0n) is 10.9. The highest BCUT2D eigenvalue weighted by molar-refractivity contribution is 5.41. The van der Waals surface area contributed by atoms with Gasteiger partial charge in [0.1, 0.15) is 6.10 Å². The SMILES string of the molecule is COC(OC)C(O)C1(CN)CCc2ccccc21. The Balaban J connectivity index is 2.39. The quantitative estimate of drug-likeness (QED) is 0.760. The Hall–Kier alpha value is -0.940. The largest absolute Gasteiger partial charge is 0.387 e. The summed E-state index contributed by atoms with van der Waals surface area (Å²) < 4.78 is 10.4. The molecule has 1 aliphatic rings. The van der Waals surface area contributed by atoms with Gasteiger partial charge in [0.2, 0.25) is 0 Å². The molecule has 0 bridgehead atoms. The predicted molar refractivity (Wildman–Crippen MR) is 69.3 cm³/mol. The Morgan fingerprint density at radius 3 is 2.61 bits per heavy atom. The standard InChI is InChI=1S/C14H21NO3/c1-17-13(18-2)12(16)14(9-15)8-7-10-5-3-4-6-11(10)14/h3-6,12-13,16H,7-9,15H2,1-2H3. The van der Waals surface area contributed by atoms with E-state index in [1.54, 1.807) is 0 Å². The molecule has 0 aromatic heterocycles. The monoisotopic (exact) mass is 251 g/mol. The molecule has 1 aromatic rings. The van der Waals surface area contributed by atoms with E-state index in [-0.39, 0.29) is 0 Å². The van der Waals surface area contributed by atoms with Crippen LogP contribution < -0.4 is 5.73 Å². The highest BCUT2D eigenvalue weighted by Crippen LogP contribution is 2.42. The van der Waals surface area contributed by atoms with Crippen LogP contribution in [0.15, 0.2) is 24.3 Å². The fourth-order valence-corrected chi connectivity index (χ4v) is 2.97. The third-order valence-electron chi connectivity index (χ3n) is 4.05. The van der Waals surface area contributed by atoms with E-state index in [0.717, 1.165) is 18.4 Å². The number of hydrogen-bond donors (Lipinski definition) is 2. The van der Waals surface area contributed by atoms with Crippen molar-refractivity contribution in [3.8, 4) is 0 Å². The number of aryl methyl sites for hydroxylation is 1. The van der Waals surface area contributed by atoms with Gasteiger partial charge in [-0.05, 0) is 24.0 Å². The Labute approximate surface area is 108 Å². The summed E-state index contributed by atoms with van der Waals surface area (Å²) in [7, 11) is 3.06. The first-order chi connectivity index (χ1) is 8.69. The second-order valence-electron chi connectivity index (χ2n) is 4.80. The van der Waals surface area contributed by atoms with Crippen LogP contribution in [-0.4, -0.2) is 38.3 Å². The maximum Gasteiger partial charge on any atom is 0.183 e. The number of fused-ring (bicyclic) bond motifs is 1. The number of nitrogens with two attached hydrogens (primary N) is 1. The predicted octanol–water partition coefficient (Wildman–Crippen LogP) is 0.809. The molecular formula is C14H21NO3. The molecule has 4 nitrogen and oxygen atoms in total. The topological polar surface area (TPSA) is 64.7 Å². The molecule has 0 aliphatic heterocycles. The first-order valence-corrected chi connectivity index (χ1v) is 6.21. The van der Waals surface area contributed by atoms with Crippen LogP contribution in [0.5, 0.6) is 0 Å². The lowest BCUT2D eigenvalue weighted by Gasteiger charge is -2.37. The molecule has 0 fully saturated rings. The summed E-state index contributed by atoms with van der Waals surface area (Å²) in [6.45, 7) is 0.383. The molecule has 0 saturated heterocycles. The molecule has 0 spiro atoms. The van der Waals surface area contributed by atoms with E-state index in [0.29, 0.717) is 6.54 Å². The maximum atomic E-state index is 10.6. The summed E-state index contributed by atoms with van der Waals surface area (Å²) >= 11 is 0. The second-order valence-corrected chi connectivity index (χ2v) is 4.80. The minimum Gasteiger partial charge on any atom is -0.387 e. The molecule has 4 heteroatoms. The molecule has 0 amide bonds. The van der Waals surface area contributed by atoms with E-state index in [4.69, 9.17) is 15.2 Å². The van der Waals surface area contributed by atoms with Gasteiger partial charge < -0.3 is 20.3 Å². The summed E-state index contributed by atoms with van der Waals surface area (Å²) in [5.41, 5.74) is 7.88. The number of rotatable bonds is 5. The highest BCUT2D eigenvalue weighted by Gasteiger charge is 2.47. The molecule has 18 heavy (non-hydrogen) atoms. The van der Waals surface area contributed by atoms with Crippen LogP contribution in [-0.2, 0) is 21.3 Å². The molecule has 3 N–H and O–H groups in total. The fraction of sp³-hybridized carbons (Fsp3) is 0.571. The molecule has 1 aromatic carbocycles. The van der Waals surface area contributed by atoms with E-state index < -0.39 is 17.8 Å². The molecule has 0 heterocycles. The summed E-state index contributed by atoms with van der Waals surface area (Å²) in [6.07, 6.45) is 0.346. The molecule has 2 rings (SSSR count). The van der Waals surface area contributed by atoms with Crippen molar-refractivity contribution < 1.29 is 14.6 Å². The van der Waals surface area contributed by atoms with E-state index in [1.807, 2.05) is 18.2 Å². The zero-order chi connectivity index (χ0) is 13.2. The number of ether oxygens (including phenoxy) is 2. The summed E-state index contributed by atoms with van der Waals surface area (Å²) in [5.74, 6) is 0. The van der Waals surface area contributed by atoms with Crippen LogP contribution in [0, 0.1) is 0 Å². The normalized spacial score (nSPS) is 24.3. The van der Waals surface area contributed by atoms with Crippen LogP contribution in [0.1, 0.15) is 17.5 Å². The number of hydrogen-bond acceptors (Lipinski definition) is 4. The Kier molecular flexibility index (Phi) is 4.02. The van der Waals surface area contributed by atoms with E-state index in [9.17, 15) is 5.11 Å². The van der Waals surface area contributed by atoms with Crippen molar-refractivity contribution in [1.29, 1.82) is 0 Å². The van der Waals surface area contributed by atoms with Gasteiger partial charge in [-0.15, -0.1) is 0 Å². The fourth-order valence-electron chi connectivity index (χ4n) is 2.97. The summed E-state index contributed by atoms with van der Waals surface area (Å²) in [5, 5.41) is 10.6. The number of methoxy groups -OCH3 is 2. The van der Waals surface area contributed by atoms with E-state index >= 15 is 0 Å². The number of benzene rings is 1. The number of aliphatic hydroxyl groups excluding tert-OH is 1. The van der Waals surface area contributed by atoms with Gasteiger partial charge in [0.25, 0.3) is 0 Å². The van der Waals surface area contributed by atoms with Gasteiger partial charge in [0, 0.05) is 26.2 Å². The van der Waals surface area contributed by atoms with Crippen molar-refractivity contribution >= 4 is 0 Å². The molecule has 0 saturated carbocycles. The second kappa shape index (κ2) is 5.36. The van der Waals surface area contributed by atoms with Crippen LogP contribution in [0.4, 0.5) is 0 Å². The van der Waals surface area contributed by atoms with Crippen LogP contribution in [0.3, 0.4) is 0 Å². The average Bonchev–Trinajstić information content (AvgIpc) is 2.80. The first kappa shape index (κ1) is 13.5. The van der Waals surface area contributed by atoms with Crippen molar-refractivity contribution in [2.45, 2.75) is 30.7 Å². The highest BCUT2D eigenvalue weighted by atomic mass is 16.7. The molecule has 2 unspecified atom stereocenters. The van der Waals surface area contributed by atoms with Gasteiger partial charge in [0.05, 0.1) is 0 Å². The van der Waals surface area contributed by atoms with Gasteiger partial charge in [0.15, 0.2) is 6.29 Å². The summed E-state index contributed by atoms with van der Waals surface area (Å²) in [4.78, 5) is 0. The van der Waals surface area contributed by atoms with Gasteiger partial charge in [-0.25, -0.2) is 0 Å². The van der Waals surface area contributed by atoms with Gasteiger partial charge in [-0.1, -0.05) is 24.3 Å². The first-order valence-electron chi connectivity index (χ1n) is 6.21. The minimum atomic E-state index is -0.763. The van der Waals surface area contributed by atoms with Crippen LogP contribution >= 0.6 is 0 Å². The minimum absolute atomic E-state index is 0.383. The van der Waals surface area contributed by atoms with Crippen LogP contribution in [0.2, 0.25) is 0 Å². The van der Waals surface area contributed by atoms with Crippen molar-refractivity contribution in [1.82, 2.24) is 0 Å². The van der Waals surface area contributed by atoms with Crippen molar-refractivity contribution in [3.63, 3.8) is 0 Å². The van der Waals surface area contributed by atoms with Crippen molar-refractivity contribution in [2.24, 2.45) is 5.73 Å². The van der Waals surface area contributed by atoms with Gasteiger partial charge in [-0.2, -0.15) is 0 Å². The third kappa shape index (κ3) is 1.95.